The summed E-state index contributed by atoms with van der Waals surface area (Å²) in [4.78, 5) is 19.2. The topological polar surface area (TPSA) is 54.0 Å². The molecular formula is C16H21N3OS. The van der Waals surface area contributed by atoms with Crippen LogP contribution in [0, 0.1) is 6.92 Å². The average Bonchev–Trinajstić information content (AvgIpc) is 2.89. The SMILES string of the molecule is CNc1cc(C(=O)NCc2ccc(C)s2)cc(C(C)C)n1. The van der Waals surface area contributed by atoms with Crippen molar-refractivity contribution < 1.29 is 4.79 Å². The molecule has 2 N–H and O–H groups in total. The zero-order valence-corrected chi connectivity index (χ0v) is 13.7. The maximum Gasteiger partial charge on any atom is 0.251 e. The summed E-state index contributed by atoms with van der Waals surface area (Å²) < 4.78 is 0. The minimum absolute atomic E-state index is 0.0677. The van der Waals surface area contributed by atoms with Gasteiger partial charge in [-0.15, -0.1) is 11.3 Å². The van der Waals surface area contributed by atoms with E-state index in [1.54, 1.807) is 17.4 Å². The number of carbonyl (C=O) groups is 1. The molecule has 0 saturated heterocycles. The second-order valence-electron chi connectivity index (χ2n) is 5.27. The number of carbonyl (C=O) groups excluding carboxylic acids is 1. The highest BCUT2D eigenvalue weighted by Gasteiger charge is 2.11. The lowest BCUT2D eigenvalue weighted by Crippen LogP contribution is -2.23. The summed E-state index contributed by atoms with van der Waals surface area (Å²) in [5.41, 5.74) is 1.56. The molecule has 0 unspecified atom stereocenters. The normalized spacial score (nSPS) is 10.7. The van der Waals surface area contributed by atoms with Gasteiger partial charge in [0.15, 0.2) is 0 Å². The number of hydrogen-bond acceptors (Lipinski definition) is 4. The second-order valence-corrected chi connectivity index (χ2v) is 6.64. The van der Waals surface area contributed by atoms with Crippen molar-refractivity contribution in [2.75, 3.05) is 12.4 Å². The number of thiophene rings is 1. The van der Waals surface area contributed by atoms with Gasteiger partial charge in [-0.05, 0) is 37.1 Å². The number of hydrogen-bond donors (Lipinski definition) is 2. The van der Waals surface area contributed by atoms with E-state index in [4.69, 9.17) is 0 Å². The Hall–Kier alpha value is -1.88. The van der Waals surface area contributed by atoms with Crippen molar-refractivity contribution in [2.24, 2.45) is 0 Å². The summed E-state index contributed by atoms with van der Waals surface area (Å²) in [7, 11) is 1.81. The van der Waals surface area contributed by atoms with Crippen LogP contribution in [0.2, 0.25) is 0 Å². The first kappa shape index (κ1) is 15.5. The third-order valence-electron chi connectivity index (χ3n) is 3.17. The van der Waals surface area contributed by atoms with E-state index < -0.39 is 0 Å². The minimum Gasteiger partial charge on any atom is -0.373 e. The van der Waals surface area contributed by atoms with Crippen LogP contribution < -0.4 is 10.6 Å². The van der Waals surface area contributed by atoms with Gasteiger partial charge in [-0.2, -0.15) is 0 Å². The summed E-state index contributed by atoms with van der Waals surface area (Å²) in [6, 6.07) is 7.75. The molecule has 0 radical (unpaired) electrons. The molecule has 1 amide bonds. The van der Waals surface area contributed by atoms with E-state index in [1.807, 2.05) is 19.2 Å². The van der Waals surface area contributed by atoms with Gasteiger partial charge < -0.3 is 10.6 Å². The fourth-order valence-electron chi connectivity index (χ4n) is 1.96. The molecule has 0 aliphatic heterocycles. The van der Waals surface area contributed by atoms with Gasteiger partial charge in [0.2, 0.25) is 0 Å². The highest BCUT2D eigenvalue weighted by atomic mass is 32.1. The van der Waals surface area contributed by atoms with E-state index in [0.717, 1.165) is 16.4 Å². The van der Waals surface area contributed by atoms with Gasteiger partial charge in [0.25, 0.3) is 5.91 Å². The molecule has 5 heteroatoms. The van der Waals surface area contributed by atoms with Crippen molar-refractivity contribution in [1.29, 1.82) is 0 Å². The van der Waals surface area contributed by atoms with Crippen molar-refractivity contribution >= 4 is 23.1 Å². The molecule has 0 spiro atoms. The molecule has 2 heterocycles. The fourth-order valence-corrected chi connectivity index (χ4v) is 2.79. The van der Waals surface area contributed by atoms with Crippen LogP contribution in [0.3, 0.4) is 0 Å². The Labute approximate surface area is 129 Å². The molecule has 21 heavy (non-hydrogen) atoms. The Balaban J connectivity index is 2.12. The molecule has 0 saturated carbocycles. The van der Waals surface area contributed by atoms with Crippen LogP contribution in [-0.2, 0) is 6.54 Å². The molecule has 0 aliphatic carbocycles. The molecule has 2 rings (SSSR count). The molecule has 0 aliphatic rings. The number of anilines is 1. The van der Waals surface area contributed by atoms with Crippen LogP contribution in [0.4, 0.5) is 5.82 Å². The number of amides is 1. The standard InChI is InChI=1S/C16H21N3OS/c1-10(2)14-7-12(8-15(17-4)19-14)16(20)18-9-13-6-5-11(3)21-13/h5-8,10H,9H2,1-4H3,(H,17,19)(H,18,20). The molecule has 112 valence electrons. The first-order chi connectivity index (χ1) is 9.99. The molecule has 4 nitrogen and oxygen atoms in total. The zero-order chi connectivity index (χ0) is 15.4. The van der Waals surface area contributed by atoms with Gasteiger partial charge in [-0.3, -0.25) is 4.79 Å². The molecule has 0 bridgehead atoms. The highest BCUT2D eigenvalue weighted by molar-refractivity contribution is 7.11. The van der Waals surface area contributed by atoms with Crippen molar-refractivity contribution in [3.63, 3.8) is 0 Å². The number of aryl methyl sites for hydroxylation is 1. The van der Waals surface area contributed by atoms with E-state index in [9.17, 15) is 4.79 Å². The van der Waals surface area contributed by atoms with Crippen LogP contribution in [-0.4, -0.2) is 17.9 Å². The smallest absolute Gasteiger partial charge is 0.251 e. The molecule has 0 fully saturated rings. The average molecular weight is 303 g/mol. The molecule has 2 aromatic rings. The number of aromatic nitrogens is 1. The molecule has 0 aromatic carbocycles. The quantitative estimate of drug-likeness (QED) is 0.888. The van der Waals surface area contributed by atoms with E-state index >= 15 is 0 Å². The van der Waals surface area contributed by atoms with E-state index in [-0.39, 0.29) is 11.8 Å². The highest BCUT2D eigenvalue weighted by Crippen LogP contribution is 2.18. The predicted octanol–water partition coefficient (Wildman–Crippen LogP) is 3.55. The van der Waals surface area contributed by atoms with Crippen LogP contribution >= 0.6 is 11.3 Å². The summed E-state index contributed by atoms with van der Waals surface area (Å²) in [6.07, 6.45) is 0. The largest absolute Gasteiger partial charge is 0.373 e. The summed E-state index contributed by atoms with van der Waals surface area (Å²) in [5.74, 6) is 0.935. The Morgan fingerprint density at radius 3 is 2.67 bits per heavy atom. The molecule has 0 atom stereocenters. The van der Waals surface area contributed by atoms with Gasteiger partial charge in [-0.25, -0.2) is 4.98 Å². The fraction of sp³-hybridized carbons (Fsp3) is 0.375. The van der Waals surface area contributed by atoms with E-state index in [2.05, 4.69) is 42.5 Å². The maximum atomic E-state index is 12.3. The van der Waals surface area contributed by atoms with Gasteiger partial charge in [-0.1, -0.05) is 13.8 Å². The number of nitrogens with zero attached hydrogens (tertiary/aromatic N) is 1. The van der Waals surface area contributed by atoms with Gasteiger partial charge in [0, 0.05) is 28.1 Å². The van der Waals surface area contributed by atoms with E-state index in [0.29, 0.717) is 12.1 Å². The minimum atomic E-state index is -0.0677. The third kappa shape index (κ3) is 4.04. The van der Waals surface area contributed by atoms with Crippen molar-refractivity contribution in [3.05, 3.63) is 45.3 Å². The lowest BCUT2D eigenvalue weighted by molar-refractivity contribution is 0.0951. The predicted molar refractivity (Wildman–Crippen MR) is 88.1 cm³/mol. The van der Waals surface area contributed by atoms with E-state index in [1.165, 1.54) is 4.88 Å². The third-order valence-corrected chi connectivity index (χ3v) is 4.17. The number of rotatable bonds is 5. The van der Waals surface area contributed by atoms with Gasteiger partial charge in [0.1, 0.15) is 5.82 Å². The number of pyridine rings is 1. The van der Waals surface area contributed by atoms with Crippen molar-refractivity contribution in [3.8, 4) is 0 Å². The molecule has 2 aromatic heterocycles. The lowest BCUT2D eigenvalue weighted by atomic mass is 10.1. The van der Waals surface area contributed by atoms with Gasteiger partial charge in [0.05, 0.1) is 6.54 Å². The first-order valence-electron chi connectivity index (χ1n) is 7.03. The molecular weight excluding hydrogens is 282 g/mol. The Bertz CT molecular complexity index is 634. The Morgan fingerprint density at radius 2 is 2.10 bits per heavy atom. The maximum absolute atomic E-state index is 12.3. The van der Waals surface area contributed by atoms with Crippen LogP contribution in [0.25, 0.3) is 0 Å². The number of nitrogens with one attached hydrogen (secondary N) is 2. The van der Waals surface area contributed by atoms with Crippen molar-refractivity contribution in [2.45, 2.75) is 33.2 Å². The lowest BCUT2D eigenvalue weighted by Gasteiger charge is -2.11. The summed E-state index contributed by atoms with van der Waals surface area (Å²) >= 11 is 1.70. The zero-order valence-electron chi connectivity index (χ0n) is 12.9. The van der Waals surface area contributed by atoms with Gasteiger partial charge >= 0.3 is 0 Å². The summed E-state index contributed by atoms with van der Waals surface area (Å²) in [5, 5.41) is 5.97. The Kier molecular flexibility index (Phi) is 4.96. The first-order valence-corrected chi connectivity index (χ1v) is 7.84. The summed E-state index contributed by atoms with van der Waals surface area (Å²) in [6.45, 7) is 6.76. The second kappa shape index (κ2) is 6.72. The van der Waals surface area contributed by atoms with Crippen LogP contribution in [0.5, 0.6) is 0 Å². The Morgan fingerprint density at radius 1 is 1.33 bits per heavy atom. The van der Waals surface area contributed by atoms with Crippen molar-refractivity contribution in [1.82, 2.24) is 10.3 Å². The van der Waals surface area contributed by atoms with Crippen LogP contribution in [0.1, 0.15) is 45.6 Å². The monoisotopic (exact) mass is 303 g/mol. The van der Waals surface area contributed by atoms with Crippen LogP contribution in [0.15, 0.2) is 24.3 Å².